The number of carbonyl (C=O) groups is 1. The fourth-order valence-corrected chi connectivity index (χ4v) is 2.67. The molecule has 1 N–H and O–H groups in total. The molecule has 0 bridgehead atoms. The highest BCUT2D eigenvalue weighted by Crippen LogP contribution is 2.26. The Bertz CT molecular complexity index is 909. The van der Waals surface area contributed by atoms with Crippen LogP contribution in [0.5, 0.6) is 5.88 Å². The van der Waals surface area contributed by atoms with E-state index < -0.39 is 0 Å². The van der Waals surface area contributed by atoms with E-state index in [-0.39, 0.29) is 5.91 Å². The van der Waals surface area contributed by atoms with Crippen LogP contribution >= 0.6 is 11.6 Å². The number of nitrogens with zero attached hydrogens (tertiary/aromatic N) is 4. The van der Waals surface area contributed by atoms with Gasteiger partial charge < -0.3 is 10.1 Å². The van der Waals surface area contributed by atoms with Gasteiger partial charge in [0, 0.05) is 18.1 Å². The van der Waals surface area contributed by atoms with Gasteiger partial charge in [-0.25, -0.2) is 0 Å². The minimum atomic E-state index is 0.0202. The molecule has 0 radical (unpaired) electrons. The third kappa shape index (κ3) is 4.29. The van der Waals surface area contributed by atoms with Crippen LogP contribution in [0.2, 0.25) is 5.02 Å². The second-order valence-corrected chi connectivity index (χ2v) is 6.65. The van der Waals surface area contributed by atoms with Crippen LogP contribution in [-0.4, -0.2) is 38.9 Å². The SMILES string of the molecule is CC(C)CC(=O)NCCOc1ccc2nnc(-c3ccccc3Cl)n2n1. The summed E-state index contributed by atoms with van der Waals surface area (Å²) in [5.74, 6) is 1.31. The molecule has 0 aliphatic carbocycles. The molecule has 0 saturated carbocycles. The molecule has 136 valence electrons. The monoisotopic (exact) mass is 373 g/mol. The van der Waals surface area contributed by atoms with Crippen molar-refractivity contribution in [3.05, 3.63) is 41.4 Å². The molecule has 3 rings (SSSR count). The van der Waals surface area contributed by atoms with E-state index in [2.05, 4.69) is 20.6 Å². The summed E-state index contributed by atoms with van der Waals surface area (Å²) in [5, 5.41) is 16.1. The lowest BCUT2D eigenvalue weighted by molar-refractivity contribution is -0.121. The Kier molecular flexibility index (Phi) is 5.68. The maximum absolute atomic E-state index is 11.6. The van der Waals surface area contributed by atoms with Crippen molar-refractivity contribution in [2.24, 2.45) is 5.92 Å². The van der Waals surface area contributed by atoms with Crippen molar-refractivity contribution in [3.8, 4) is 17.3 Å². The van der Waals surface area contributed by atoms with Gasteiger partial charge in [0.1, 0.15) is 6.61 Å². The number of carbonyl (C=O) groups excluding carboxylic acids is 1. The van der Waals surface area contributed by atoms with Gasteiger partial charge in [-0.2, -0.15) is 4.52 Å². The molecule has 0 fully saturated rings. The van der Waals surface area contributed by atoms with E-state index in [9.17, 15) is 4.79 Å². The first-order valence-electron chi connectivity index (χ1n) is 8.41. The van der Waals surface area contributed by atoms with Crippen molar-refractivity contribution in [1.29, 1.82) is 0 Å². The Balaban J connectivity index is 1.68. The highest BCUT2D eigenvalue weighted by Gasteiger charge is 2.13. The number of benzene rings is 1. The van der Waals surface area contributed by atoms with Gasteiger partial charge in [0.25, 0.3) is 0 Å². The minimum Gasteiger partial charge on any atom is -0.475 e. The Morgan fingerprint density at radius 1 is 1.23 bits per heavy atom. The number of amides is 1. The van der Waals surface area contributed by atoms with Gasteiger partial charge in [-0.05, 0) is 24.1 Å². The summed E-state index contributed by atoms with van der Waals surface area (Å²) < 4.78 is 7.22. The molecule has 3 aromatic rings. The van der Waals surface area contributed by atoms with Crippen molar-refractivity contribution in [1.82, 2.24) is 25.1 Å². The zero-order valence-electron chi connectivity index (χ0n) is 14.6. The first-order valence-corrected chi connectivity index (χ1v) is 8.79. The average molecular weight is 374 g/mol. The third-order valence-electron chi connectivity index (χ3n) is 3.62. The Morgan fingerprint density at radius 3 is 2.81 bits per heavy atom. The van der Waals surface area contributed by atoms with Crippen molar-refractivity contribution < 1.29 is 9.53 Å². The van der Waals surface area contributed by atoms with Gasteiger partial charge >= 0.3 is 0 Å². The second kappa shape index (κ2) is 8.14. The van der Waals surface area contributed by atoms with Crippen LogP contribution in [0.15, 0.2) is 36.4 Å². The van der Waals surface area contributed by atoms with E-state index in [0.29, 0.717) is 47.9 Å². The van der Waals surface area contributed by atoms with Crippen LogP contribution in [0.3, 0.4) is 0 Å². The molecular weight excluding hydrogens is 354 g/mol. The summed E-state index contributed by atoms with van der Waals surface area (Å²) in [7, 11) is 0. The molecule has 2 aromatic heterocycles. The number of aromatic nitrogens is 4. The molecule has 26 heavy (non-hydrogen) atoms. The number of hydrogen-bond donors (Lipinski definition) is 1. The highest BCUT2D eigenvalue weighted by molar-refractivity contribution is 6.33. The van der Waals surface area contributed by atoms with E-state index in [4.69, 9.17) is 16.3 Å². The smallest absolute Gasteiger partial charge is 0.231 e. The predicted molar refractivity (Wildman–Crippen MR) is 99.2 cm³/mol. The first-order chi connectivity index (χ1) is 12.5. The van der Waals surface area contributed by atoms with Gasteiger partial charge in [-0.15, -0.1) is 15.3 Å². The fraction of sp³-hybridized carbons (Fsp3) is 0.333. The summed E-state index contributed by atoms with van der Waals surface area (Å²) in [6, 6.07) is 10.9. The number of halogens is 1. The van der Waals surface area contributed by atoms with E-state index in [0.717, 1.165) is 5.56 Å². The number of nitrogens with one attached hydrogen (secondary N) is 1. The minimum absolute atomic E-state index is 0.0202. The van der Waals surface area contributed by atoms with Gasteiger partial charge in [-0.1, -0.05) is 37.6 Å². The molecule has 7 nitrogen and oxygen atoms in total. The summed E-state index contributed by atoms with van der Waals surface area (Å²) >= 11 is 6.24. The third-order valence-corrected chi connectivity index (χ3v) is 3.95. The molecular formula is C18H20ClN5O2. The average Bonchev–Trinajstić information content (AvgIpc) is 3.01. The number of hydrogen-bond acceptors (Lipinski definition) is 5. The van der Waals surface area contributed by atoms with E-state index in [1.807, 2.05) is 32.0 Å². The fourth-order valence-electron chi connectivity index (χ4n) is 2.45. The van der Waals surface area contributed by atoms with E-state index in [1.54, 1.807) is 22.7 Å². The van der Waals surface area contributed by atoms with Crippen LogP contribution in [-0.2, 0) is 4.79 Å². The summed E-state index contributed by atoms with van der Waals surface area (Å²) in [6.45, 7) is 4.76. The lowest BCUT2D eigenvalue weighted by Gasteiger charge is -2.09. The van der Waals surface area contributed by atoms with Crippen LogP contribution in [0.25, 0.3) is 17.0 Å². The molecule has 1 amide bonds. The van der Waals surface area contributed by atoms with E-state index in [1.165, 1.54) is 0 Å². The van der Waals surface area contributed by atoms with Gasteiger partial charge in [0.15, 0.2) is 11.5 Å². The number of rotatable bonds is 7. The standard InChI is InChI=1S/C18H20ClN5O2/c1-12(2)11-16(25)20-9-10-26-17-8-7-15-21-22-18(24(15)23-17)13-5-3-4-6-14(13)19/h3-8,12H,9-11H2,1-2H3,(H,20,25). The Labute approximate surface area is 156 Å². The zero-order valence-corrected chi connectivity index (χ0v) is 15.4. The van der Waals surface area contributed by atoms with Crippen molar-refractivity contribution in [2.75, 3.05) is 13.2 Å². The maximum Gasteiger partial charge on any atom is 0.231 e. The van der Waals surface area contributed by atoms with Crippen LogP contribution in [0.1, 0.15) is 20.3 Å². The maximum atomic E-state index is 11.6. The molecule has 0 unspecified atom stereocenters. The second-order valence-electron chi connectivity index (χ2n) is 6.24. The van der Waals surface area contributed by atoms with Crippen molar-refractivity contribution in [2.45, 2.75) is 20.3 Å². The van der Waals surface area contributed by atoms with Gasteiger partial charge in [-0.3, -0.25) is 4.79 Å². The summed E-state index contributed by atoms with van der Waals surface area (Å²) in [6.07, 6.45) is 0.506. The topological polar surface area (TPSA) is 81.4 Å². The molecule has 0 aliphatic rings. The molecule has 8 heteroatoms. The molecule has 0 saturated heterocycles. The highest BCUT2D eigenvalue weighted by atomic mass is 35.5. The molecule has 1 aromatic carbocycles. The number of fused-ring (bicyclic) bond motifs is 1. The Hall–Kier alpha value is -2.67. The van der Waals surface area contributed by atoms with Gasteiger partial charge in [0.2, 0.25) is 11.8 Å². The van der Waals surface area contributed by atoms with Crippen LogP contribution in [0.4, 0.5) is 0 Å². The molecule has 0 atom stereocenters. The molecule has 0 spiro atoms. The Morgan fingerprint density at radius 2 is 2.04 bits per heavy atom. The largest absolute Gasteiger partial charge is 0.475 e. The van der Waals surface area contributed by atoms with Crippen molar-refractivity contribution in [3.63, 3.8) is 0 Å². The summed E-state index contributed by atoms with van der Waals surface area (Å²) in [4.78, 5) is 11.6. The van der Waals surface area contributed by atoms with Crippen LogP contribution in [0, 0.1) is 5.92 Å². The zero-order chi connectivity index (χ0) is 18.5. The molecule has 0 aliphatic heterocycles. The lowest BCUT2D eigenvalue weighted by atomic mass is 10.1. The normalized spacial score (nSPS) is 11.1. The summed E-state index contributed by atoms with van der Waals surface area (Å²) in [5.41, 5.74) is 1.34. The predicted octanol–water partition coefficient (Wildman–Crippen LogP) is 2.99. The first kappa shape index (κ1) is 18.1. The van der Waals surface area contributed by atoms with Crippen LogP contribution < -0.4 is 10.1 Å². The van der Waals surface area contributed by atoms with E-state index >= 15 is 0 Å². The molecule has 2 heterocycles. The number of ether oxygens (including phenoxy) is 1. The lowest BCUT2D eigenvalue weighted by Crippen LogP contribution is -2.29. The van der Waals surface area contributed by atoms with Gasteiger partial charge in [0.05, 0.1) is 11.6 Å². The quantitative estimate of drug-likeness (QED) is 0.644. The van der Waals surface area contributed by atoms with Crippen molar-refractivity contribution >= 4 is 23.2 Å².